The summed E-state index contributed by atoms with van der Waals surface area (Å²) in [7, 11) is 0. The van der Waals surface area contributed by atoms with Crippen LogP contribution in [0.25, 0.3) is 0 Å². The highest BCUT2D eigenvalue weighted by Gasteiger charge is 2.41. The van der Waals surface area contributed by atoms with E-state index in [2.05, 4.69) is 59.4 Å². The lowest BCUT2D eigenvalue weighted by atomic mass is 10.1. The van der Waals surface area contributed by atoms with Gasteiger partial charge in [0.15, 0.2) is 6.61 Å². The third-order valence-electron chi connectivity index (χ3n) is 5.05. The first-order valence-corrected chi connectivity index (χ1v) is 12.5. The summed E-state index contributed by atoms with van der Waals surface area (Å²) >= 11 is 7.06. The van der Waals surface area contributed by atoms with Crippen molar-refractivity contribution in [2.24, 2.45) is 0 Å². The number of hydrogen-bond acceptors (Lipinski definition) is 6. The molecule has 0 saturated carbocycles. The van der Waals surface area contributed by atoms with Crippen LogP contribution in [0.3, 0.4) is 0 Å². The van der Waals surface area contributed by atoms with E-state index >= 15 is 0 Å². The largest absolute Gasteiger partial charge is 0.486 e. The average molecular weight is 474 g/mol. The number of nitrogens with one attached hydrogen (secondary N) is 1. The van der Waals surface area contributed by atoms with Gasteiger partial charge < -0.3 is 19.9 Å². The van der Waals surface area contributed by atoms with Crippen LogP contribution in [0.4, 0.5) is 14.5 Å². The number of hydrogen-bond donors (Lipinski definition) is 3. The number of benzene rings is 1. The summed E-state index contributed by atoms with van der Waals surface area (Å²) in [5, 5.41) is 3.37. The van der Waals surface area contributed by atoms with Gasteiger partial charge in [-0.05, 0) is 44.1 Å². The van der Waals surface area contributed by atoms with E-state index in [9.17, 15) is 8.78 Å². The topological polar surface area (TPSA) is 27.7 Å². The number of allylic oxidation sites excluding steroid dienone is 2. The number of fused-ring (bicyclic) bond motifs is 1. The Morgan fingerprint density at radius 3 is 2.32 bits per heavy atom. The van der Waals surface area contributed by atoms with Crippen molar-refractivity contribution in [2.75, 3.05) is 56.7 Å². The molecule has 1 saturated heterocycles. The number of alkyl halides is 2. The fourth-order valence-corrected chi connectivity index (χ4v) is 3.69. The van der Waals surface area contributed by atoms with E-state index in [1.807, 2.05) is 13.8 Å². The molecule has 0 spiro atoms. The fraction of sp³-hybridized carbons (Fsp3) is 0.565. The van der Waals surface area contributed by atoms with Crippen LogP contribution in [-0.2, 0) is 5.92 Å². The first kappa shape index (κ1) is 27.7. The molecule has 1 fully saturated rings. The molecule has 1 N–H and O–H groups in total. The molecule has 31 heavy (non-hydrogen) atoms. The van der Waals surface area contributed by atoms with Gasteiger partial charge in [-0.1, -0.05) is 19.9 Å². The number of halogens is 2. The minimum atomic E-state index is -2.88. The smallest absolute Gasteiger partial charge is 0.310 e. The molecule has 0 bridgehead atoms. The van der Waals surface area contributed by atoms with Crippen molar-refractivity contribution < 1.29 is 13.5 Å². The molecule has 0 unspecified atom stereocenters. The van der Waals surface area contributed by atoms with E-state index in [1.165, 1.54) is 11.8 Å². The summed E-state index contributed by atoms with van der Waals surface area (Å²) in [5.74, 6) is -2.58. The summed E-state index contributed by atoms with van der Waals surface area (Å²) in [5.41, 5.74) is 3.27. The number of ether oxygens (including phenoxy) is 1. The summed E-state index contributed by atoms with van der Waals surface area (Å²) in [6.07, 6.45) is 8.77. The molecule has 1 aromatic rings. The number of rotatable bonds is 2. The van der Waals surface area contributed by atoms with Crippen molar-refractivity contribution >= 4 is 30.9 Å². The molecule has 0 amide bonds. The third kappa shape index (κ3) is 7.05. The Morgan fingerprint density at radius 1 is 1.03 bits per heavy atom. The van der Waals surface area contributed by atoms with Crippen LogP contribution in [0.5, 0.6) is 5.75 Å². The molecule has 0 atom stereocenters. The molecule has 3 heterocycles. The molecule has 4 rings (SSSR count). The number of nitrogens with zero attached hydrogens (tertiary/aromatic N) is 2. The Bertz CT molecular complexity index is 736. The maximum absolute atomic E-state index is 13.7. The van der Waals surface area contributed by atoms with Crippen molar-refractivity contribution in [3.63, 3.8) is 0 Å². The maximum Gasteiger partial charge on any atom is 0.310 e. The van der Waals surface area contributed by atoms with Crippen molar-refractivity contribution in [3.05, 3.63) is 47.3 Å². The van der Waals surface area contributed by atoms with E-state index in [-0.39, 0.29) is 5.56 Å². The predicted molar refractivity (Wildman–Crippen MR) is 135 cm³/mol. The van der Waals surface area contributed by atoms with Gasteiger partial charge in [0.2, 0.25) is 0 Å². The zero-order valence-corrected chi connectivity index (χ0v) is 21.1. The standard InChI is InChI=1S/C19H23F2N3O.C2H6.2CH4S/c1-14-11-15(23-9-6-22-7-10-23)3-2-8-24(14)16-4-5-17-18(12-16)25-13-19(17,20)21;3*1-2/h3-5,11-12,22H,2,6-10,13H2,1H3;1-2H3;2*2H,1H3. The minimum absolute atomic E-state index is 0.00710. The van der Waals surface area contributed by atoms with E-state index < -0.39 is 12.5 Å². The normalized spacial score (nSPS) is 18.9. The van der Waals surface area contributed by atoms with E-state index in [4.69, 9.17) is 4.74 Å². The van der Waals surface area contributed by atoms with Gasteiger partial charge >= 0.3 is 5.92 Å². The summed E-state index contributed by atoms with van der Waals surface area (Å²) in [6, 6.07) is 5.01. The first-order chi connectivity index (χ1) is 15.0. The lowest BCUT2D eigenvalue weighted by Gasteiger charge is -2.30. The van der Waals surface area contributed by atoms with Gasteiger partial charge in [0.25, 0.3) is 0 Å². The lowest BCUT2D eigenvalue weighted by molar-refractivity contribution is -0.0213. The molecule has 1 aromatic carbocycles. The molecule has 176 valence electrons. The molecule has 3 aliphatic heterocycles. The second-order valence-electron chi connectivity index (χ2n) is 6.77. The molecule has 3 aliphatic rings. The van der Waals surface area contributed by atoms with E-state index in [0.29, 0.717) is 5.75 Å². The molecule has 4 nitrogen and oxygen atoms in total. The highest BCUT2D eigenvalue weighted by molar-refractivity contribution is 7.79. The van der Waals surface area contributed by atoms with E-state index in [1.54, 1.807) is 24.6 Å². The Kier molecular flexibility index (Phi) is 12.4. The lowest BCUT2D eigenvalue weighted by Crippen LogP contribution is -2.42. The van der Waals surface area contributed by atoms with Crippen LogP contribution < -0.4 is 15.0 Å². The zero-order chi connectivity index (χ0) is 23.4. The Balaban J connectivity index is 0.000000739. The van der Waals surface area contributed by atoms with Crippen LogP contribution >= 0.6 is 25.3 Å². The fourth-order valence-electron chi connectivity index (χ4n) is 3.69. The van der Waals surface area contributed by atoms with Gasteiger partial charge in [-0.15, -0.1) is 0 Å². The monoisotopic (exact) mass is 473 g/mol. The molecule has 0 aromatic heterocycles. The predicted octanol–water partition coefficient (Wildman–Crippen LogP) is 5.19. The van der Waals surface area contributed by atoms with Gasteiger partial charge in [-0.25, -0.2) is 0 Å². The third-order valence-corrected chi connectivity index (χ3v) is 5.05. The molecule has 0 aliphatic carbocycles. The highest BCUT2D eigenvalue weighted by atomic mass is 32.1. The van der Waals surface area contributed by atoms with Crippen molar-refractivity contribution in [1.82, 2.24) is 10.2 Å². The SMILES string of the molecule is CC.CC1=CC(N2CCNCC2)=CCCN1c1ccc2c(c1)OCC2(F)F.CS.CS. The van der Waals surface area contributed by atoms with Crippen LogP contribution in [0.15, 0.2) is 41.7 Å². The second kappa shape index (κ2) is 13.9. The van der Waals surface area contributed by atoms with Crippen LogP contribution in [0.1, 0.15) is 32.8 Å². The second-order valence-corrected chi connectivity index (χ2v) is 6.77. The molecule has 8 heteroatoms. The van der Waals surface area contributed by atoms with Crippen molar-refractivity contribution in [1.29, 1.82) is 0 Å². The summed E-state index contributed by atoms with van der Waals surface area (Å²) in [6.45, 7) is 10.4. The van der Waals surface area contributed by atoms with Gasteiger partial charge in [-0.2, -0.15) is 34.0 Å². The van der Waals surface area contributed by atoms with Crippen LogP contribution in [-0.4, -0.2) is 56.7 Å². The highest BCUT2D eigenvalue weighted by Crippen LogP contribution is 2.43. The molecular formula is C23H37F2N3OS2. The average Bonchev–Trinajstić information content (AvgIpc) is 3.00. The Labute approximate surface area is 197 Å². The van der Waals surface area contributed by atoms with E-state index in [0.717, 1.165) is 50.5 Å². The van der Waals surface area contributed by atoms with Gasteiger partial charge in [-0.3, -0.25) is 0 Å². The van der Waals surface area contributed by atoms with Crippen LogP contribution in [0.2, 0.25) is 0 Å². The van der Waals surface area contributed by atoms with Gasteiger partial charge in [0, 0.05) is 55.9 Å². The van der Waals surface area contributed by atoms with Gasteiger partial charge in [0.05, 0.1) is 5.56 Å². The summed E-state index contributed by atoms with van der Waals surface area (Å²) in [4.78, 5) is 4.57. The van der Waals surface area contributed by atoms with Crippen molar-refractivity contribution in [2.45, 2.75) is 33.1 Å². The Hall–Kier alpha value is -1.38. The number of anilines is 1. The maximum atomic E-state index is 13.7. The quantitative estimate of drug-likeness (QED) is 0.516. The number of thiol groups is 2. The molecular weight excluding hydrogens is 436 g/mol. The summed E-state index contributed by atoms with van der Waals surface area (Å²) < 4.78 is 32.7. The van der Waals surface area contributed by atoms with Crippen molar-refractivity contribution in [3.8, 4) is 5.75 Å². The zero-order valence-electron chi connectivity index (χ0n) is 19.3. The Morgan fingerprint density at radius 2 is 1.68 bits per heavy atom. The molecule has 0 radical (unpaired) electrons. The minimum Gasteiger partial charge on any atom is -0.486 e. The van der Waals surface area contributed by atoms with Crippen LogP contribution in [0, 0.1) is 0 Å². The first-order valence-electron chi connectivity index (χ1n) is 10.7. The number of piperazine rings is 1. The van der Waals surface area contributed by atoms with Gasteiger partial charge in [0.1, 0.15) is 5.75 Å².